The van der Waals surface area contributed by atoms with Crippen LogP contribution in [-0.4, -0.2) is 48.0 Å². The van der Waals surface area contributed by atoms with Gasteiger partial charge in [-0.1, -0.05) is 11.6 Å². The molecule has 116 valence electrons. The summed E-state index contributed by atoms with van der Waals surface area (Å²) in [5.74, 6) is -1.63. The number of amides is 2. The van der Waals surface area contributed by atoms with E-state index in [1.165, 1.54) is 19.3 Å². The van der Waals surface area contributed by atoms with Crippen LogP contribution in [0.1, 0.15) is 10.4 Å². The number of hydrogen-bond acceptors (Lipinski definition) is 4. The van der Waals surface area contributed by atoms with Gasteiger partial charge in [0.25, 0.3) is 5.91 Å². The molecule has 0 fully saturated rings. The van der Waals surface area contributed by atoms with Gasteiger partial charge >= 0.3 is 6.18 Å². The van der Waals surface area contributed by atoms with Crippen molar-refractivity contribution < 1.29 is 22.8 Å². The minimum Gasteiger partial charge on any atom is -0.397 e. The van der Waals surface area contributed by atoms with Crippen molar-refractivity contribution in [3.05, 3.63) is 23.0 Å². The lowest BCUT2D eigenvalue weighted by molar-refractivity contribution is -0.138. The van der Waals surface area contributed by atoms with Crippen LogP contribution in [0.5, 0.6) is 0 Å². The fraction of sp³-hybridized carbons (Fsp3) is 0.364. The third-order valence-corrected chi connectivity index (χ3v) is 2.61. The molecular weight excluding hydrogens is 313 g/mol. The van der Waals surface area contributed by atoms with Crippen LogP contribution in [0.15, 0.2) is 12.3 Å². The number of pyridine rings is 1. The molecule has 0 aliphatic heterocycles. The zero-order valence-electron chi connectivity index (χ0n) is 10.9. The highest BCUT2D eigenvalue weighted by molar-refractivity contribution is 6.32. The van der Waals surface area contributed by atoms with Crippen molar-refractivity contribution in [1.29, 1.82) is 0 Å². The maximum atomic E-state index is 12.0. The minimum absolute atomic E-state index is 0.0391. The number of alkyl halides is 3. The molecule has 0 bridgehead atoms. The fourth-order valence-electron chi connectivity index (χ4n) is 1.36. The smallest absolute Gasteiger partial charge is 0.397 e. The zero-order valence-corrected chi connectivity index (χ0v) is 11.6. The first-order valence-corrected chi connectivity index (χ1v) is 5.98. The molecule has 6 nitrogen and oxygen atoms in total. The second-order valence-electron chi connectivity index (χ2n) is 4.16. The van der Waals surface area contributed by atoms with Crippen LogP contribution < -0.4 is 11.1 Å². The van der Waals surface area contributed by atoms with Gasteiger partial charge in [0.1, 0.15) is 11.7 Å². The Kier molecular flexibility index (Phi) is 5.36. The normalized spacial score (nSPS) is 11.1. The van der Waals surface area contributed by atoms with Crippen molar-refractivity contribution >= 4 is 29.1 Å². The van der Waals surface area contributed by atoms with Crippen molar-refractivity contribution in [1.82, 2.24) is 15.2 Å². The Morgan fingerprint density at radius 3 is 2.67 bits per heavy atom. The van der Waals surface area contributed by atoms with Crippen LogP contribution in [0.25, 0.3) is 0 Å². The largest absolute Gasteiger partial charge is 0.405 e. The SMILES string of the molecule is CN(CC(=O)NCC(F)(F)F)C(=O)c1cc(N)cnc1Cl. The first-order chi connectivity index (χ1) is 9.60. The second kappa shape index (κ2) is 6.61. The molecule has 1 heterocycles. The van der Waals surface area contributed by atoms with E-state index < -0.39 is 31.1 Å². The lowest BCUT2D eigenvalue weighted by Crippen LogP contribution is -2.41. The number of nitrogens with two attached hydrogens (primary N) is 1. The average Bonchev–Trinajstić information content (AvgIpc) is 2.37. The molecule has 0 aliphatic carbocycles. The molecule has 1 rings (SSSR count). The Balaban J connectivity index is 2.66. The van der Waals surface area contributed by atoms with Gasteiger partial charge in [0.2, 0.25) is 5.91 Å². The van der Waals surface area contributed by atoms with Crippen LogP contribution in [-0.2, 0) is 4.79 Å². The standard InChI is InChI=1S/C11H12ClF3N4O2/c1-19(4-8(20)18-5-11(13,14)15)10(21)7-2-6(16)3-17-9(7)12/h2-3H,4-5,16H2,1H3,(H,18,20). The number of halogens is 4. The van der Waals surface area contributed by atoms with E-state index in [0.717, 1.165) is 4.90 Å². The van der Waals surface area contributed by atoms with Gasteiger partial charge < -0.3 is 16.0 Å². The summed E-state index contributed by atoms with van der Waals surface area (Å²) in [6.07, 6.45) is -3.27. The number of aromatic nitrogens is 1. The van der Waals surface area contributed by atoms with Crippen molar-refractivity contribution in [3.8, 4) is 0 Å². The molecule has 0 unspecified atom stereocenters. The molecular formula is C11H12ClF3N4O2. The van der Waals surface area contributed by atoms with E-state index in [-0.39, 0.29) is 16.4 Å². The molecule has 0 aromatic carbocycles. The maximum Gasteiger partial charge on any atom is 0.405 e. The predicted molar refractivity (Wildman–Crippen MR) is 69.7 cm³/mol. The number of nitrogens with one attached hydrogen (secondary N) is 1. The molecule has 3 N–H and O–H groups in total. The molecule has 0 atom stereocenters. The molecule has 2 amide bonds. The lowest BCUT2D eigenvalue weighted by Gasteiger charge is -2.17. The topological polar surface area (TPSA) is 88.3 Å². The Morgan fingerprint density at radius 2 is 2.10 bits per heavy atom. The molecule has 0 spiro atoms. The molecule has 10 heteroatoms. The number of likely N-dealkylation sites (N-methyl/N-ethyl adjacent to an activating group) is 1. The highest BCUT2D eigenvalue weighted by Crippen LogP contribution is 2.17. The van der Waals surface area contributed by atoms with E-state index in [9.17, 15) is 22.8 Å². The maximum absolute atomic E-state index is 12.0. The van der Waals surface area contributed by atoms with E-state index in [1.54, 1.807) is 5.32 Å². The minimum atomic E-state index is -4.51. The van der Waals surface area contributed by atoms with Gasteiger partial charge in [0.15, 0.2) is 0 Å². The Bertz CT molecular complexity index is 551. The number of carbonyl (C=O) groups excluding carboxylic acids is 2. The van der Waals surface area contributed by atoms with E-state index in [2.05, 4.69) is 4.98 Å². The Labute approximate surface area is 123 Å². The zero-order chi connectivity index (χ0) is 16.2. The monoisotopic (exact) mass is 324 g/mol. The number of nitrogen functional groups attached to an aromatic ring is 1. The highest BCUT2D eigenvalue weighted by Gasteiger charge is 2.28. The van der Waals surface area contributed by atoms with Gasteiger partial charge in [0.05, 0.1) is 24.0 Å². The van der Waals surface area contributed by atoms with Gasteiger partial charge in [-0.3, -0.25) is 9.59 Å². The average molecular weight is 325 g/mol. The first kappa shape index (κ1) is 17.0. The molecule has 0 radical (unpaired) electrons. The summed E-state index contributed by atoms with van der Waals surface area (Å²) in [5.41, 5.74) is 5.62. The lowest BCUT2D eigenvalue weighted by atomic mass is 10.2. The number of hydrogen-bond donors (Lipinski definition) is 2. The molecule has 21 heavy (non-hydrogen) atoms. The van der Waals surface area contributed by atoms with E-state index in [4.69, 9.17) is 17.3 Å². The van der Waals surface area contributed by atoms with Crippen LogP contribution in [0.4, 0.5) is 18.9 Å². The van der Waals surface area contributed by atoms with Crippen molar-refractivity contribution in [2.24, 2.45) is 0 Å². The third-order valence-electron chi connectivity index (χ3n) is 2.30. The fourth-order valence-corrected chi connectivity index (χ4v) is 1.55. The first-order valence-electron chi connectivity index (χ1n) is 5.60. The highest BCUT2D eigenvalue weighted by atomic mass is 35.5. The summed E-state index contributed by atoms with van der Waals surface area (Å²) in [6.45, 7) is -2.02. The quantitative estimate of drug-likeness (QED) is 0.811. The summed E-state index contributed by atoms with van der Waals surface area (Å²) in [6, 6.07) is 1.27. The Morgan fingerprint density at radius 1 is 1.48 bits per heavy atom. The van der Waals surface area contributed by atoms with Gasteiger partial charge in [-0.15, -0.1) is 0 Å². The third kappa shape index (κ3) is 5.46. The predicted octanol–water partition coefficient (Wildman–Crippen LogP) is 1.07. The molecule has 0 saturated carbocycles. The van der Waals surface area contributed by atoms with Crippen LogP contribution in [0.3, 0.4) is 0 Å². The molecule has 1 aromatic heterocycles. The molecule has 0 aliphatic rings. The molecule has 0 saturated heterocycles. The summed E-state index contributed by atoms with van der Waals surface area (Å²) >= 11 is 5.73. The summed E-state index contributed by atoms with van der Waals surface area (Å²) in [4.78, 5) is 27.9. The van der Waals surface area contributed by atoms with Crippen LogP contribution in [0, 0.1) is 0 Å². The van der Waals surface area contributed by atoms with Crippen LogP contribution >= 0.6 is 11.6 Å². The van der Waals surface area contributed by atoms with Gasteiger partial charge in [0, 0.05) is 7.05 Å². The number of carbonyl (C=O) groups is 2. The van der Waals surface area contributed by atoms with Gasteiger partial charge in [-0.25, -0.2) is 4.98 Å². The van der Waals surface area contributed by atoms with E-state index in [0.29, 0.717) is 0 Å². The van der Waals surface area contributed by atoms with Crippen molar-refractivity contribution in [3.63, 3.8) is 0 Å². The second-order valence-corrected chi connectivity index (χ2v) is 4.52. The summed E-state index contributed by atoms with van der Waals surface area (Å²) < 4.78 is 35.8. The van der Waals surface area contributed by atoms with E-state index >= 15 is 0 Å². The van der Waals surface area contributed by atoms with E-state index in [1.807, 2.05) is 0 Å². The number of rotatable bonds is 4. The van der Waals surface area contributed by atoms with Crippen molar-refractivity contribution in [2.75, 3.05) is 25.9 Å². The van der Waals surface area contributed by atoms with Gasteiger partial charge in [-0.05, 0) is 6.07 Å². The van der Waals surface area contributed by atoms with Crippen LogP contribution in [0.2, 0.25) is 5.15 Å². The van der Waals surface area contributed by atoms with Gasteiger partial charge in [-0.2, -0.15) is 13.2 Å². The van der Waals surface area contributed by atoms with Crippen molar-refractivity contribution in [2.45, 2.75) is 6.18 Å². The summed E-state index contributed by atoms with van der Waals surface area (Å²) in [5, 5.41) is 1.54. The molecule has 1 aromatic rings. The number of anilines is 1. The summed E-state index contributed by atoms with van der Waals surface area (Å²) in [7, 11) is 1.25. The Hall–Kier alpha value is -2.03. The number of nitrogens with zero attached hydrogens (tertiary/aromatic N) is 2.